The second-order valence-corrected chi connectivity index (χ2v) is 9.65. The first kappa shape index (κ1) is 33.3. The Morgan fingerprint density at radius 1 is 0.683 bits per heavy atom. The molecule has 0 aromatic carbocycles. The van der Waals surface area contributed by atoms with Crippen molar-refractivity contribution in [3.63, 3.8) is 0 Å². The smallest absolute Gasteiger partial charge is 0.450 e. The Hall–Kier alpha value is -3.93. The van der Waals surface area contributed by atoms with Crippen molar-refractivity contribution >= 4 is 45.8 Å². The van der Waals surface area contributed by atoms with Crippen LogP contribution in [0.4, 0.5) is 21.2 Å². The molecule has 0 aliphatic rings. The van der Waals surface area contributed by atoms with Crippen molar-refractivity contribution in [2.24, 2.45) is 0 Å². The van der Waals surface area contributed by atoms with E-state index in [1.54, 1.807) is 0 Å². The fraction of sp³-hybridized carbons (Fsp3) is 0.462. The first-order chi connectivity index (χ1) is 18.8. The number of aryl methyl sites for hydroxylation is 8. The number of nitrogens with two attached hydrogens (primary N) is 2. The maximum absolute atomic E-state index is 10.5. The number of carbonyl (C=O) groups is 2. The number of hydrogen-bond acceptors (Lipinski definition) is 8. The number of imidazole rings is 2. The molecule has 4 heterocycles. The number of nitrogen functional groups attached to an aromatic ring is 2. The van der Waals surface area contributed by atoms with Gasteiger partial charge in [0.15, 0.2) is 11.6 Å². The van der Waals surface area contributed by atoms with E-state index >= 15 is 0 Å². The number of carbonyl (C=O) groups excluding carboxylic acids is 2. The van der Waals surface area contributed by atoms with Gasteiger partial charge in [0.25, 0.3) is 0 Å². The molecule has 0 unspecified atom stereocenters. The summed E-state index contributed by atoms with van der Waals surface area (Å²) in [6, 6.07) is -1.50. The van der Waals surface area contributed by atoms with Gasteiger partial charge in [0.2, 0.25) is 0 Å². The summed E-state index contributed by atoms with van der Waals surface area (Å²) >= 11 is 0. The van der Waals surface area contributed by atoms with E-state index < -0.39 is 12.1 Å². The first-order valence-electron chi connectivity index (χ1n) is 13.0. The number of nitrogens with one attached hydrogen (secondary N) is 4. The van der Waals surface area contributed by atoms with Gasteiger partial charge >= 0.3 is 21.1 Å². The first-order valence-corrected chi connectivity index (χ1v) is 13.0. The second-order valence-electron chi connectivity index (χ2n) is 9.65. The minimum atomic E-state index is -0.752. The minimum absolute atomic E-state index is 0. The summed E-state index contributed by atoms with van der Waals surface area (Å²) in [6.07, 6.45) is 1.47. The molecule has 15 heteroatoms. The van der Waals surface area contributed by atoms with E-state index in [1.807, 2.05) is 41.5 Å². The average molecular weight is 735 g/mol. The van der Waals surface area contributed by atoms with Gasteiger partial charge in [0, 0.05) is 24.5 Å². The molecule has 0 aliphatic carbocycles. The monoisotopic (exact) mass is 734 g/mol. The van der Waals surface area contributed by atoms with Crippen LogP contribution in [0.3, 0.4) is 0 Å². The normalized spacial score (nSPS) is 10.7. The molecule has 4 rings (SSSR count). The number of amides is 4. The third-order valence-electron chi connectivity index (χ3n) is 6.86. The number of aromatic nitrogens is 6. The number of fused-ring (bicyclic) bond motifs is 2. The minimum Gasteiger partial charge on any atom is -0.450 e. The molecule has 0 radical (unpaired) electrons. The van der Waals surface area contributed by atoms with Crippen LogP contribution < -0.4 is 22.1 Å². The van der Waals surface area contributed by atoms with Crippen LogP contribution in [0.5, 0.6) is 0 Å². The van der Waals surface area contributed by atoms with E-state index in [2.05, 4.69) is 39.7 Å². The molecule has 0 fully saturated rings. The number of rotatable bonds is 8. The topological polar surface area (TPSA) is 219 Å². The van der Waals surface area contributed by atoms with Crippen molar-refractivity contribution in [2.45, 2.75) is 67.5 Å². The Morgan fingerprint density at radius 2 is 1.02 bits per heavy atom. The van der Waals surface area contributed by atoms with Gasteiger partial charge in [0.1, 0.15) is 34.7 Å². The van der Waals surface area contributed by atoms with E-state index in [9.17, 15) is 9.59 Å². The van der Waals surface area contributed by atoms with Gasteiger partial charge in [-0.1, -0.05) is 0 Å². The van der Waals surface area contributed by atoms with Crippen LogP contribution in [0.2, 0.25) is 0 Å². The predicted molar refractivity (Wildman–Crippen MR) is 157 cm³/mol. The van der Waals surface area contributed by atoms with Gasteiger partial charge in [-0.2, -0.15) is 0 Å². The van der Waals surface area contributed by atoms with Gasteiger partial charge in [-0.15, -0.1) is 0 Å². The molecule has 8 N–H and O–H groups in total. The van der Waals surface area contributed by atoms with Crippen LogP contribution in [0, 0.1) is 41.5 Å². The number of urea groups is 2. The Morgan fingerprint density at radius 3 is 1.34 bits per heavy atom. The average Bonchev–Trinajstić information content (AvgIpc) is 3.39. The zero-order chi connectivity index (χ0) is 29.7. The summed E-state index contributed by atoms with van der Waals surface area (Å²) < 4.78 is 4.18. The molecule has 0 atom stereocenters. The van der Waals surface area contributed by atoms with Crippen molar-refractivity contribution < 1.29 is 30.7 Å². The van der Waals surface area contributed by atoms with Crippen LogP contribution in [-0.2, 0) is 34.2 Å². The molecule has 0 bridgehead atoms. The third-order valence-corrected chi connectivity index (χ3v) is 6.86. The number of anilines is 2. The van der Waals surface area contributed by atoms with Crippen molar-refractivity contribution in [3.05, 3.63) is 45.6 Å². The molecular formula is C26H38N12O2W. The van der Waals surface area contributed by atoms with Crippen molar-refractivity contribution in [2.75, 3.05) is 24.6 Å². The second kappa shape index (κ2) is 14.1. The molecule has 220 valence electrons. The van der Waals surface area contributed by atoms with Gasteiger partial charge in [-0.3, -0.25) is 9.59 Å². The summed E-state index contributed by atoms with van der Waals surface area (Å²) in [4.78, 5) is 38.6. The van der Waals surface area contributed by atoms with E-state index in [0.29, 0.717) is 37.8 Å². The van der Waals surface area contributed by atoms with Crippen LogP contribution in [-0.4, -0.2) is 54.2 Å². The molecule has 14 nitrogen and oxygen atoms in total. The Balaban J connectivity index is 0.000000280. The summed E-state index contributed by atoms with van der Waals surface area (Å²) in [5, 5.41) is 4.94. The molecule has 4 aromatic heterocycles. The molecule has 0 saturated carbocycles. The van der Waals surface area contributed by atoms with Gasteiger partial charge < -0.3 is 42.7 Å². The van der Waals surface area contributed by atoms with Crippen LogP contribution >= 0.6 is 0 Å². The van der Waals surface area contributed by atoms with Crippen molar-refractivity contribution in [1.29, 1.82) is 0 Å². The largest absolute Gasteiger partial charge is 2.00 e. The number of nitrogens with zero attached hydrogens (tertiary/aromatic N) is 6. The molecule has 0 aliphatic heterocycles. The molecule has 0 spiro atoms. The zero-order valence-corrected chi connectivity index (χ0v) is 27.2. The molecular weight excluding hydrogens is 696 g/mol. The van der Waals surface area contributed by atoms with Gasteiger partial charge in [-0.05, 0) is 78.6 Å². The Kier molecular flexibility index (Phi) is 11.5. The predicted octanol–water partition coefficient (Wildman–Crippen LogP) is 4.18. The number of hydrogen-bond donors (Lipinski definition) is 4. The van der Waals surface area contributed by atoms with E-state index in [1.165, 1.54) is 0 Å². The SMILES string of the molecule is Cc1nc(N)c2nc(C)n(CCCNC([NH-])=O)c2c1C.Cc1nc(N)c2nc(C)n(CCCNC([NH-])=O)c2c1C.[W+2]. The van der Waals surface area contributed by atoms with E-state index in [0.717, 1.165) is 69.1 Å². The standard InChI is InChI=1S/2C13H20N6O.W/c2*1-7-8(2)17-12(14)10-11(7)19(9(3)18-10)6-4-5-16-13(15)20;/h2*4-6H2,1-3H3,(H5,14,15,16,17,20);/q;;+2/p-2. The van der Waals surface area contributed by atoms with Crippen LogP contribution in [0.25, 0.3) is 33.5 Å². The Labute approximate surface area is 253 Å². The molecule has 4 aromatic rings. The zero-order valence-electron chi connectivity index (χ0n) is 24.3. The maximum atomic E-state index is 10.5. The summed E-state index contributed by atoms with van der Waals surface area (Å²) in [6.45, 7) is 14.1. The summed E-state index contributed by atoms with van der Waals surface area (Å²) in [7, 11) is 0. The summed E-state index contributed by atoms with van der Waals surface area (Å²) in [5.74, 6) is 2.65. The van der Waals surface area contributed by atoms with Crippen LogP contribution in [0.15, 0.2) is 0 Å². The molecule has 0 saturated heterocycles. The van der Waals surface area contributed by atoms with Crippen LogP contribution in [0.1, 0.15) is 47.0 Å². The quantitative estimate of drug-likeness (QED) is 0.192. The maximum Gasteiger partial charge on any atom is 2.00 e. The van der Waals surface area contributed by atoms with Gasteiger partial charge in [0.05, 0.1) is 11.0 Å². The fourth-order valence-corrected chi connectivity index (χ4v) is 4.65. The summed E-state index contributed by atoms with van der Waals surface area (Å²) in [5.41, 5.74) is 32.9. The van der Waals surface area contributed by atoms with Crippen molar-refractivity contribution in [1.82, 2.24) is 39.7 Å². The Bertz CT molecular complexity index is 1440. The molecule has 41 heavy (non-hydrogen) atoms. The van der Waals surface area contributed by atoms with Gasteiger partial charge in [-0.25, -0.2) is 19.9 Å². The van der Waals surface area contributed by atoms with E-state index in [4.69, 9.17) is 22.9 Å². The van der Waals surface area contributed by atoms with E-state index in [-0.39, 0.29) is 21.1 Å². The third kappa shape index (κ3) is 7.63. The van der Waals surface area contributed by atoms with Crippen molar-refractivity contribution in [3.8, 4) is 0 Å². The fourth-order valence-electron chi connectivity index (χ4n) is 4.65. The molecule has 4 amide bonds. The number of pyridine rings is 2.